The zero-order chi connectivity index (χ0) is 20.4. The predicted molar refractivity (Wildman–Crippen MR) is 117 cm³/mol. The van der Waals surface area contributed by atoms with Crippen molar-refractivity contribution in [3.63, 3.8) is 0 Å². The van der Waals surface area contributed by atoms with E-state index in [1.165, 1.54) is 11.3 Å². The molecule has 0 bridgehead atoms. The molecular weight excluding hydrogens is 408 g/mol. The highest BCUT2D eigenvalue weighted by Gasteiger charge is 2.15. The highest BCUT2D eigenvalue weighted by Crippen LogP contribution is 2.30. The number of nitrogens with zero attached hydrogens (tertiary/aromatic N) is 1. The van der Waals surface area contributed by atoms with Crippen LogP contribution in [0.3, 0.4) is 0 Å². The maximum Gasteiger partial charge on any atom is 0.256 e. The van der Waals surface area contributed by atoms with Gasteiger partial charge >= 0.3 is 0 Å². The Bertz CT molecular complexity index is 1180. The third-order valence-corrected chi connectivity index (χ3v) is 5.60. The van der Waals surface area contributed by atoms with E-state index in [9.17, 15) is 9.59 Å². The van der Waals surface area contributed by atoms with E-state index < -0.39 is 0 Å². The van der Waals surface area contributed by atoms with Gasteiger partial charge in [-0.15, -0.1) is 11.3 Å². The Labute approximate surface area is 175 Å². The molecule has 0 aliphatic heterocycles. The normalized spacial score (nSPS) is 10.8. The fourth-order valence-electron chi connectivity index (χ4n) is 2.83. The Morgan fingerprint density at radius 1 is 1.07 bits per heavy atom. The molecule has 146 valence electrons. The topological polar surface area (TPSA) is 86.9 Å². The summed E-state index contributed by atoms with van der Waals surface area (Å²) in [5.41, 5.74) is 2.34. The van der Waals surface area contributed by atoms with Gasteiger partial charge in [0, 0.05) is 21.2 Å². The number of benzene rings is 2. The highest BCUT2D eigenvalue weighted by atomic mass is 35.5. The lowest BCUT2D eigenvalue weighted by Crippen LogP contribution is -2.13. The van der Waals surface area contributed by atoms with Crippen molar-refractivity contribution >= 4 is 56.5 Å². The Morgan fingerprint density at radius 3 is 2.52 bits per heavy atom. The van der Waals surface area contributed by atoms with E-state index in [2.05, 4.69) is 20.8 Å². The Balaban J connectivity index is 1.45. The summed E-state index contributed by atoms with van der Waals surface area (Å²) in [5.74, 6) is 0.167. The number of hydrogen-bond donors (Lipinski definition) is 3. The second-order valence-corrected chi connectivity index (χ2v) is 8.13. The lowest BCUT2D eigenvalue weighted by atomic mass is 10.1. The highest BCUT2D eigenvalue weighted by molar-refractivity contribution is 7.18. The number of aryl methyl sites for hydroxylation is 1. The van der Waals surface area contributed by atoms with Crippen LogP contribution in [0.4, 0.5) is 11.5 Å². The van der Waals surface area contributed by atoms with Crippen molar-refractivity contribution < 1.29 is 9.59 Å². The number of fused-ring (bicyclic) bond motifs is 1. The maximum absolute atomic E-state index is 12.4. The van der Waals surface area contributed by atoms with Crippen LogP contribution in [0.5, 0.6) is 0 Å². The molecule has 2 heterocycles. The molecule has 0 saturated carbocycles. The van der Waals surface area contributed by atoms with E-state index in [0.717, 1.165) is 20.7 Å². The Kier molecular flexibility index (Phi) is 5.33. The van der Waals surface area contributed by atoms with Crippen molar-refractivity contribution in [3.05, 3.63) is 75.6 Å². The smallest absolute Gasteiger partial charge is 0.256 e. The van der Waals surface area contributed by atoms with Gasteiger partial charge in [-0.05, 0) is 49.4 Å². The maximum atomic E-state index is 12.4. The van der Waals surface area contributed by atoms with Gasteiger partial charge in [-0.1, -0.05) is 29.3 Å². The summed E-state index contributed by atoms with van der Waals surface area (Å²) < 4.78 is 0. The summed E-state index contributed by atoms with van der Waals surface area (Å²) in [6.45, 7) is 1.97. The van der Waals surface area contributed by atoms with Crippen molar-refractivity contribution in [3.8, 4) is 0 Å². The van der Waals surface area contributed by atoms with Crippen molar-refractivity contribution in [2.75, 3.05) is 10.6 Å². The SMILES string of the molecule is Cc1ccc(C(=O)Nc2[nH]nc3sc(CC(=O)Nc4ccc(Cl)cc4)cc23)cc1. The molecule has 2 aromatic heterocycles. The van der Waals surface area contributed by atoms with Crippen molar-refractivity contribution in [2.24, 2.45) is 0 Å². The van der Waals surface area contributed by atoms with Gasteiger partial charge in [0.25, 0.3) is 5.91 Å². The number of carbonyl (C=O) groups is 2. The number of anilines is 2. The molecule has 29 heavy (non-hydrogen) atoms. The van der Waals surface area contributed by atoms with E-state index in [1.54, 1.807) is 36.4 Å². The lowest BCUT2D eigenvalue weighted by Gasteiger charge is -2.04. The zero-order valence-corrected chi connectivity index (χ0v) is 17.0. The second kappa shape index (κ2) is 8.06. The summed E-state index contributed by atoms with van der Waals surface area (Å²) in [6.07, 6.45) is 0.217. The summed E-state index contributed by atoms with van der Waals surface area (Å²) in [5, 5.41) is 14.2. The van der Waals surface area contributed by atoms with Crippen LogP contribution in [-0.4, -0.2) is 22.0 Å². The van der Waals surface area contributed by atoms with Crippen molar-refractivity contribution in [1.29, 1.82) is 0 Å². The number of amides is 2. The minimum absolute atomic E-state index is 0.134. The minimum atomic E-state index is -0.219. The van der Waals surface area contributed by atoms with Gasteiger partial charge in [0.05, 0.1) is 11.8 Å². The number of carbonyl (C=O) groups excluding carboxylic acids is 2. The summed E-state index contributed by atoms with van der Waals surface area (Å²) >= 11 is 7.27. The predicted octanol–water partition coefficient (Wildman–Crippen LogP) is 5.02. The van der Waals surface area contributed by atoms with E-state index in [0.29, 0.717) is 22.1 Å². The van der Waals surface area contributed by atoms with Crippen LogP contribution < -0.4 is 10.6 Å². The van der Waals surface area contributed by atoms with E-state index >= 15 is 0 Å². The van der Waals surface area contributed by atoms with Crippen LogP contribution >= 0.6 is 22.9 Å². The number of rotatable bonds is 5. The second-order valence-electron chi connectivity index (χ2n) is 6.58. The van der Waals surface area contributed by atoms with E-state index in [-0.39, 0.29) is 18.2 Å². The van der Waals surface area contributed by atoms with Crippen LogP contribution in [0.2, 0.25) is 5.02 Å². The molecule has 0 atom stereocenters. The quantitative estimate of drug-likeness (QED) is 0.420. The number of nitrogens with one attached hydrogen (secondary N) is 3. The van der Waals surface area contributed by atoms with Gasteiger partial charge in [-0.2, -0.15) is 5.10 Å². The molecule has 0 unspecified atom stereocenters. The van der Waals surface area contributed by atoms with Gasteiger partial charge in [0.1, 0.15) is 10.6 Å². The van der Waals surface area contributed by atoms with Gasteiger partial charge in [0.2, 0.25) is 5.91 Å². The monoisotopic (exact) mass is 424 g/mol. The fraction of sp³-hybridized carbons (Fsp3) is 0.0952. The molecule has 0 spiro atoms. The van der Waals surface area contributed by atoms with Crippen LogP contribution in [0.15, 0.2) is 54.6 Å². The first-order valence-electron chi connectivity index (χ1n) is 8.88. The van der Waals surface area contributed by atoms with Gasteiger partial charge < -0.3 is 10.6 Å². The van der Waals surface area contributed by atoms with Crippen LogP contribution in [0.25, 0.3) is 10.2 Å². The molecule has 4 rings (SSSR count). The van der Waals surface area contributed by atoms with Crippen LogP contribution in [-0.2, 0) is 11.2 Å². The number of aromatic amines is 1. The molecule has 3 N–H and O–H groups in total. The minimum Gasteiger partial charge on any atom is -0.326 e. The molecule has 0 saturated heterocycles. The van der Waals surface area contributed by atoms with Gasteiger partial charge in [-0.25, -0.2) is 0 Å². The van der Waals surface area contributed by atoms with Crippen LogP contribution in [0.1, 0.15) is 20.8 Å². The molecule has 4 aromatic rings. The molecular formula is C21H17ClN4O2S. The molecule has 0 aliphatic carbocycles. The largest absolute Gasteiger partial charge is 0.326 e. The average molecular weight is 425 g/mol. The third-order valence-electron chi connectivity index (χ3n) is 4.32. The first kappa shape index (κ1) is 19.2. The molecule has 2 aromatic carbocycles. The molecule has 8 heteroatoms. The summed E-state index contributed by atoms with van der Waals surface area (Å²) in [7, 11) is 0. The first-order chi connectivity index (χ1) is 14.0. The van der Waals surface area contributed by atoms with E-state index in [4.69, 9.17) is 11.6 Å². The van der Waals surface area contributed by atoms with Gasteiger partial charge in [-0.3, -0.25) is 14.7 Å². The number of halogens is 1. The van der Waals surface area contributed by atoms with Gasteiger partial charge in [0.15, 0.2) is 0 Å². The third kappa shape index (κ3) is 4.47. The lowest BCUT2D eigenvalue weighted by molar-refractivity contribution is -0.115. The number of H-pyrrole nitrogens is 1. The van der Waals surface area contributed by atoms with Crippen molar-refractivity contribution in [1.82, 2.24) is 10.2 Å². The number of hydrogen-bond acceptors (Lipinski definition) is 4. The molecule has 0 aliphatic rings. The summed E-state index contributed by atoms with van der Waals surface area (Å²) in [6, 6.07) is 16.1. The number of thiophene rings is 1. The standard InChI is InChI=1S/C21H17ClN4O2S/c1-12-2-4-13(5-3-12)20(28)24-19-17-10-16(29-21(17)26-25-19)11-18(27)23-15-8-6-14(22)7-9-15/h2-10H,11H2,1H3,(H,23,27)(H2,24,25,26,28). The Hall–Kier alpha value is -3.16. The first-order valence-corrected chi connectivity index (χ1v) is 10.1. The average Bonchev–Trinajstić information content (AvgIpc) is 3.25. The van der Waals surface area contributed by atoms with Crippen molar-refractivity contribution in [2.45, 2.75) is 13.3 Å². The fourth-order valence-corrected chi connectivity index (χ4v) is 3.95. The number of aromatic nitrogens is 2. The molecule has 0 fully saturated rings. The van der Waals surface area contributed by atoms with Crippen LogP contribution in [0, 0.1) is 6.92 Å². The zero-order valence-electron chi connectivity index (χ0n) is 15.5. The molecule has 2 amide bonds. The Morgan fingerprint density at radius 2 is 1.79 bits per heavy atom. The van der Waals surface area contributed by atoms with E-state index in [1.807, 2.05) is 25.1 Å². The molecule has 6 nitrogen and oxygen atoms in total. The molecule has 0 radical (unpaired) electrons. The summed E-state index contributed by atoms with van der Waals surface area (Å²) in [4.78, 5) is 26.3.